The highest BCUT2D eigenvalue weighted by molar-refractivity contribution is 5.43. The van der Waals surface area contributed by atoms with Crippen LogP contribution in [0.25, 0.3) is 5.69 Å². The van der Waals surface area contributed by atoms with Crippen LogP contribution in [-0.4, -0.2) is 39.0 Å². The number of para-hydroxylation sites is 2. The topological polar surface area (TPSA) is 50.5 Å². The van der Waals surface area contributed by atoms with Crippen LogP contribution < -0.4 is 4.74 Å². The number of hydrogen-bond acceptors (Lipinski definition) is 4. The quantitative estimate of drug-likeness (QED) is 0.447. The van der Waals surface area contributed by atoms with Crippen LogP contribution in [-0.2, 0) is 13.0 Å². The molecule has 5 heteroatoms. The zero-order chi connectivity index (χ0) is 22.2. The highest BCUT2D eigenvalue weighted by Gasteiger charge is 2.23. The van der Waals surface area contributed by atoms with Crippen molar-refractivity contribution in [3.8, 4) is 17.3 Å². The molecule has 0 spiro atoms. The van der Waals surface area contributed by atoms with Gasteiger partial charge in [-0.1, -0.05) is 64.1 Å². The van der Waals surface area contributed by atoms with Crippen molar-refractivity contribution in [3.63, 3.8) is 0 Å². The molecule has 0 aliphatic rings. The van der Waals surface area contributed by atoms with Gasteiger partial charge < -0.3 is 9.84 Å². The summed E-state index contributed by atoms with van der Waals surface area (Å²) in [5.74, 6) is 2.03. The Labute approximate surface area is 186 Å². The van der Waals surface area contributed by atoms with Gasteiger partial charge in [-0.3, -0.25) is 4.90 Å². The Hall–Kier alpha value is -2.63. The minimum atomic E-state index is -0.341. The summed E-state index contributed by atoms with van der Waals surface area (Å²) in [4.78, 5) is 2.32. The number of aliphatic hydroxyl groups excluding tert-OH is 1. The molecule has 0 amide bonds. The van der Waals surface area contributed by atoms with Gasteiger partial charge in [-0.25, -0.2) is 4.68 Å². The molecule has 1 N–H and O–H groups in total. The van der Waals surface area contributed by atoms with Crippen LogP contribution in [0.3, 0.4) is 0 Å². The molecular formula is C26H35N3O2. The third-order valence-electron chi connectivity index (χ3n) is 5.26. The van der Waals surface area contributed by atoms with Crippen molar-refractivity contribution in [2.75, 3.05) is 13.1 Å². The maximum Gasteiger partial charge on any atom is 0.227 e. The molecule has 5 nitrogen and oxygen atoms in total. The van der Waals surface area contributed by atoms with Crippen LogP contribution in [0, 0.1) is 5.92 Å². The van der Waals surface area contributed by atoms with E-state index in [1.165, 1.54) is 0 Å². The van der Waals surface area contributed by atoms with E-state index in [9.17, 15) is 5.11 Å². The summed E-state index contributed by atoms with van der Waals surface area (Å²) in [6, 6.07) is 20.0. The number of ether oxygens (including phenoxy) is 1. The van der Waals surface area contributed by atoms with Gasteiger partial charge in [0.1, 0.15) is 5.75 Å². The fraction of sp³-hybridized carbons (Fsp3) is 0.423. The van der Waals surface area contributed by atoms with Crippen LogP contribution in [0.1, 0.15) is 45.4 Å². The number of aryl methyl sites for hydroxylation is 1. The van der Waals surface area contributed by atoms with E-state index in [2.05, 4.69) is 25.7 Å². The lowest BCUT2D eigenvalue weighted by atomic mass is 10.1. The van der Waals surface area contributed by atoms with Crippen LogP contribution in [0.5, 0.6) is 11.6 Å². The van der Waals surface area contributed by atoms with Crippen LogP contribution in [0.4, 0.5) is 0 Å². The lowest BCUT2D eigenvalue weighted by molar-refractivity contribution is 0.0980. The van der Waals surface area contributed by atoms with Gasteiger partial charge in [0.25, 0.3) is 0 Å². The van der Waals surface area contributed by atoms with Crippen molar-refractivity contribution in [3.05, 3.63) is 71.9 Å². The second-order valence-electron chi connectivity index (χ2n) is 8.40. The first-order chi connectivity index (χ1) is 15.0. The molecule has 3 aromatic rings. The van der Waals surface area contributed by atoms with Crippen molar-refractivity contribution in [2.45, 2.75) is 53.2 Å². The number of aliphatic hydroxyl groups is 1. The molecule has 0 aliphatic carbocycles. The number of hydrogen-bond donors (Lipinski definition) is 1. The summed E-state index contributed by atoms with van der Waals surface area (Å²) in [7, 11) is 0. The molecule has 166 valence electrons. The first-order valence-electron chi connectivity index (χ1n) is 11.3. The Balaban J connectivity index is 2.05. The van der Waals surface area contributed by atoms with Gasteiger partial charge in [-0.05, 0) is 43.0 Å². The molecule has 1 aromatic heterocycles. The molecule has 0 unspecified atom stereocenters. The van der Waals surface area contributed by atoms with Crippen molar-refractivity contribution in [2.24, 2.45) is 5.92 Å². The minimum absolute atomic E-state index is 0.341. The third kappa shape index (κ3) is 6.18. The smallest absolute Gasteiger partial charge is 0.227 e. The van der Waals surface area contributed by atoms with Crippen molar-refractivity contribution in [1.82, 2.24) is 14.7 Å². The van der Waals surface area contributed by atoms with Gasteiger partial charge in [0.2, 0.25) is 5.88 Å². The number of aromatic nitrogens is 2. The maximum atomic E-state index is 10.3. The summed E-state index contributed by atoms with van der Waals surface area (Å²) in [6.07, 6.45) is 1.21. The van der Waals surface area contributed by atoms with E-state index in [-0.39, 0.29) is 6.10 Å². The lowest BCUT2D eigenvalue weighted by Crippen LogP contribution is -2.34. The molecule has 0 fully saturated rings. The van der Waals surface area contributed by atoms with E-state index >= 15 is 0 Å². The maximum absolute atomic E-state index is 10.3. The molecule has 0 saturated heterocycles. The van der Waals surface area contributed by atoms with Gasteiger partial charge in [-0.15, -0.1) is 0 Å². The first-order valence-corrected chi connectivity index (χ1v) is 11.3. The van der Waals surface area contributed by atoms with Crippen molar-refractivity contribution in [1.29, 1.82) is 0 Å². The fourth-order valence-electron chi connectivity index (χ4n) is 3.74. The molecule has 1 heterocycles. The number of benzene rings is 2. The van der Waals surface area contributed by atoms with E-state index in [0.717, 1.165) is 48.0 Å². The summed E-state index contributed by atoms with van der Waals surface area (Å²) >= 11 is 0. The highest BCUT2D eigenvalue weighted by atomic mass is 16.5. The molecule has 3 rings (SSSR count). The molecular weight excluding hydrogens is 386 g/mol. The van der Waals surface area contributed by atoms with E-state index < -0.39 is 0 Å². The predicted octanol–water partition coefficient (Wildman–Crippen LogP) is 5.46. The summed E-state index contributed by atoms with van der Waals surface area (Å²) < 4.78 is 8.33. The summed E-state index contributed by atoms with van der Waals surface area (Å²) in [6.45, 7) is 10.8. The van der Waals surface area contributed by atoms with Gasteiger partial charge in [-0.2, -0.15) is 5.10 Å². The van der Waals surface area contributed by atoms with Gasteiger partial charge in [0.15, 0.2) is 0 Å². The molecule has 0 radical (unpaired) electrons. The van der Waals surface area contributed by atoms with Crippen LogP contribution in [0.2, 0.25) is 0 Å². The molecule has 0 bridgehead atoms. The van der Waals surface area contributed by atoms with Crippen LogP contribution >= 0.6 is 0 Å². The Morgan fingerprint density at radius 3 is 2.19 bits per heavy atom. The van der Waals surface area contributed by atoms with Gasteiger partial charge in [0.05, 0.1) is 23.0 Å². The normalized spacial score (nSPS) is 12.5. The zero-order valence-electron chi connectivity index (χ0n) is 19.2. The van der Waals surface area contributed by atoms with Crippen molar-refractivity contribution >= 4 is 0 Å². The number of rotatable bonds is 11. The lowest BCUT2D eigenvalue weighted by Gasteiger charge is -2.26. The molecule has 31 heavy (non-hydrogen) atoms. The van der Waals surface area contributed by atoms with Crippen LogP contribution in [0.15, 0.2) is 60.7 Å². The average molecular weight is 422 g/mol. The monoisotopic (exact) mass is 421 g/mol. The number of nitrogens with zero attached hydrogens (tertiary/aromatic N) is 3. The Kier molecular flexibility index (Phi) is 8.27. The molecule has 0 aliphatic heterocycles. The van der Waals surface area contributed by atoms with Crippen molar-refractivity contribution < 1.29 is 9.84 Å². The summed E-state index contributed by atoms with van der Waals surface area (Å²) in [5, 5.41) is 15.3. The molecule has 1 atom stereocenters. The fourth-order valence-corrected chi connectivity index (χ4v) is 3.74. The van der Waals surface area contributed by atoms with E-state index in [4.69, 9.17) is 9.84 Å². The average Bonchev–Trinajstić information content (AvgIpc) is 3.11. The van der Waals surface area contributed by atoms with Gasteiger partial charge >= 0.3 is 0 Å². The first kappa shape index (κ1) is 23.0. The van der Waals surface area contributed by atoms with E-state index in [1.54, 1.807) is 0 Å². The second-order valence-corrected chi connectivity index (χ2v) is 8.40. The van der Waals surface area contributed by atoms with E-state index in [0.29, 0.717) is 19.0 Å². The zero-order valence-corrected chi connectivity index (χ0v) is 19.2. The van der Waals surface area contributed by atoms with E-state index in [1.807, 2.05) is 72.3 Å². The Bertz CT molecular complexity index is 923. The van der Waals surface area contributed by atoms with Gasteiger partial charge in [0, 0.05) is 19.6 Å². The molecule has 0 saturated carbocycles. The minimum Gasteiger partial charge on any atom is -0.439 e. The SMILES string of the molecule is CCc1nn(-c2ccccc2)c(Oc2ccccc2)c1CN(CC(C)C)C[C@@H](O)CC. The molecule has 2 aromatic carbocycles. The second kappa shape index (κ2) is 11.1. The summed E-state index contributed by atoms with van der Waals surface area (Å²) in [5.41, 5.74) is 3.08. The standard InChI is InChI=1S/C26H35N3O2/c1-5-22(30)18-28(17-20(3)4)19-24-25(6-2)27-29(21-13-9-7-10-14-21)26(24)31-23-15-11-8-12-16-23/h7-16,20,22,30H,5-6,17-19H2,1-4H3/t22-/m0/s1. The predicted molar refractivity (Wildman–Crippen MR) is 126 cm³/mol. The third-order valence-corrected chi connectivity index (χ3v) is 5.26. The highest BCUT2D eigenvalue weighted by Crippen LogP contribution is 2.32. The Morgan fingerprint density at radius 1 is 0.968 bits per heavy atom. The Morgan fingerprint density at radius 2 is 1.61 bits per heavy atom. The largest absolute Gasteiger partial charge is 0.439 e.